The minimum Gasteiger partial charge on any atom is -0.318 e. The first-order valence-electron chi connectivity index (χ1n) is 10.4. The lowest BCUT2D eigenvalue weighted by Crippen LogP contribution is -2.36. The Morgan fingerprint density at radius 3 is 2.23 bits per heavy atom. The summed E-state index contributed by atoms with van der Waals surface area (Å²) >= 11 is 8.00. The van der Waals surface area contributed by atoms with Crippen molar-refractivity contribution in [3.8, 4) is 0 Å². The van der Waals surface area contributed by atoms with Gasteiger partial charge in [0.2, 0.25) is 0 Å². The molecule has 0 saturated carbocycles. The summed E-state index contributed by atoms with van der Waals surface area (Å²) in [6.07, 6.45) is 8.44. The van der Waals surface area contributed by atoms with Crippen molar-refractivity contribution in [1.82, 2.24) is 14.5 Å². The lowest BCUT2D eigenvalue weighted by Gasteiger charge is -2.36. The highest BCUT2D eigenvalue weighted by Gasteiger charge is 2.39. The molecule has 0 spiro atoms. The van der Waals surface area contributed by atoms with Crippen molar-refractivity contribution in [3.63, 3.8) is 0 Å². The van der Waals surface area contributed by atoms with Gasteiger partial charge in [-0.15, -0.1) is 11.3 Å². The van der Waals surface area contributed by atoms with E-state index >= 15 is 0 Å². The molecular formula is C25H24ClN3S. The first-order chi connectivity index (χ1) is 14.8. The van der Waals surface area contributed by atoms with Crippen molar-refractivity contribution < 1.29 is 0 Å². The number of rotatable bonds is 6. The molecule has 1 unspecified atom stereocenters. The number of hydrogen-bond acceptors (Lipinski definition) is 3. The molecule has 0 radical (unpaired) electrons. The molecule has 2 aromatic heterocycles. The molecule has 2 aromatic carbocycles. The number of likely N-dealkylation sites (tertiary alicyclic amines) is 1. The van der Waals surface area contributed by atoms with Gasteiger partial charge in [-0.25, -0.2) is 4.98 Å². The van der Waals surface area contributed by atoms with E-state index in [9.17, 15) is 0 Å². The molecule has 1 saturated heterocycles. The monoisotopic (exact) mass is 433 g/mol. The number of aromatic nitrogens is 2. The Hall–Kier alpha value is -2.40. The van der Waals surface area contributed by atoms with Gasteiger partial charge in [-0.3, -0.25) is 4.90 Å². The Labute approximate surface area is 186 Å². The van der Waals surface area contributed by atoms with E-state index in [0.717, 1.165) is 11.6 Å². The minimum absolute atomic E-state index is 0.485. The van der Waals surface area contributed by atoms with Gasteiger partial charge in [0.1, 0.15) is 5.54 Å². The van der Waals surface area contributed by atoms with Crippen LogP contribution in [0, 0.1) is 0 Å². The lowest BCUT2D eigenvalue weighted by atomic mass is 9.80. The average molecular weight is 434 g/mol. The van der Waals surface area contributed by atoms with Crippen LogP contribution in [0.25, 0.3) is 0 Å². The van der Waals surface area contributed by atoms with Gasteiger partial charge in [-0.2, -0.15) is 0 Å². The maximum atomic E-state index is 6.24. The topological polar surface area (TPSA) is 21.1 Å². The third-order valence-corrected chi connectivity index (χ3v) is 7.24. The number of nitrogens with zero attached hydrogens (tertiary/aromatic N) is 3. The van der Waals surface area contributed by atoms with Gasteiger partial charge in [0.05, 0.1) is 6.33 Å². The molecule has 1 fully saturated rings. The van der Waals surface area contributed by atoms with Crippen molar-refractivity contribution in [2.24, 2.45) is 0 Å². The summed E-state index contributed by atoms with van der Waals surface area (Å²) in [4.78, 5) is 8.17. The van der Waals surface area contributed by atoms with E-state index in [1.54, 1.807) is 11.3 Å². The first kappa shape index (κ1) is 19.6. The number of hydrogen-bond donors (Lipinski definition) is 0. The van der Waals surface area contributed by atoms with Crippen LogP contribution in [-0.4, -0.2) is 27.5 Å². The van der Waals surface area contributed by atoms with Gasteiger partial charge in [-0.05, 0) is 66.2 Å². The number of thiophene rings is 1. The molecule has 3 heterocycles. The molecule has 1 aliphatic heterocycles. The van der Waals surface area contributed by atoms with E-state index in [2.05, 4.69) is 68.4 Å². The molecule has 0 bridgehead atoms. The molecule has 152 valence electrons. The lowest BCUT2D eigenvalue weighted by molar-refractivity contribution is 0.331. The van der Waals surface area contributed by atoms with Crippen LogP contribution in [-0.2, 0) is 12.1 Å². The third kappa shape index (κ3) is 3.49. The summed E-state index contributed by atoms with van der Waals surface area (Å²) in [5, 5.41) is 2.88. The fourth-order valence-electron chi connectivity index (χ4n) is 4.56. The Morgan fingerprint density at radius 1 is 0.933 bits per heavy atom. The normalized spacial score (nSPS) is 16.6. The van der Waals surface area contributed by atoms with E-state index < -0.39 is 5.54 Å². The van der Waals surface area contributed by atoms with Crippen molar-refractivity contribution in [1.29, 1.82) is 0 Å². The van der Waals surface area contributed by atoms with Crippen molar-refractivity contribution >= 4 is 22.9 Å². The smallest absolute Gasteiger partial charge is 0.130 e. The number of benzene rings is 2. The number of imidazole rings is 1. The van der Waals surface area contributed by atoms with Crippen LogP contribution in [0.2, 0.25) is 5.02 Å². The van der Waals surface area contributed by atoms with E-state index in [4.69, 9.17) is 11.6 Å². The van der Waals surface area contributed by atoms with E-state index in [1.807, 2.05) is 30.9 Å². The fourth-order valence-corrected chi connectivity index (χ4v) is 5.66. The number of halogens is 1. The molecule has 5 heteroatoms. The molecule has 0 N–H and O–H groups in total. The van der Waals surface area contributed by atoms with Crippen LogP contribution in [0.3, 0.4) is 0 Å². The first-order valence-corrected chi connectivity index (χ1v) is 11.6. The maximum Gasteiger partial charge on any atom is 0.130 e. The Balaban J connectivity index is 1.65. The highest BCUT2D eigenvalue weighted by atomic mass is 35.5. The zero-order valence-electron chi connectivity index (χ0n) is 16.7. The van der Waals surface area contributed by atoms with E-state index in [1.165, 1.54) is 47.5 Å². The highest BCUT2D eigenvalue weighted by molar-refractivity contribution is 7.10. The van der Waals surface area contributed by atoms with Crippen LogP contribution < -0.4 is 0 Å². The SMILES string of the molecule is Clc1ccc(C(c2ccc(CN3CCCC3)cc2)(c2cccs2)n2ccnc2)cc1. The molecule has 3 nitrogen and oxygen atoms in total. The molecule has 5 rings (SSSR count). The molecule has 30 heavy (non-hydrogen) atoms. The zero-order valence-corrected chi connectivity index (χ0v) is 18.3. The van der Waals surface area contributed by atoms with Gasteiger partial charge in [0.15, 0.2) is 0 Å². The van der Waals surface area contributed by atoms with Crippen LogP contribution in [0.5, 0.6) is 0 Å². The Morgan fingerprint density at radius 2 is 1.63 bits per heavy atom. The van der Waals surface area contributed by atoms with E-state index in [0.29, 0.717) is 0 Å². The van der Waals surface area contributed by atoms with Gasteiger partial charge < -0.3 is 4.57 Å². The average Bonchev–Trinajstić information content (AvgIpc) is 3.56. The fraction of sp³-hybridized carbons (Fsp3) is 0.240. The quantitative estimate of drug-likeness (QED) is 0.370. The molecular weight excluding hydrogens is 410 g/mol. The summed E-state index contributed by atoms with van der Waals surface area (Å²) in [5.41, 5.74) is 3.26. The molecule has 1 aliphatic rings. The Bertz CT molecular complexity index is 1030. The Kier molecular flexibility index (Phi) is 5.47. The summed E-state index contributed by atoms with van der Waals surface area (Å²) in [5.74, 6) is 0. The van der Waals surface area contributed by atoms with Crippen molar-refractivity contribution in [2.75, 3.05) is 13.1 Å². The van der Waals surface area contributed by atoms with Gasteiger partial charge in [-0.1, -0.05) is 54.1 Å². The van der Waals surface area contributed by atoms with Crippen LogP contribution in [0.4, 0.5) is 0 Å². The highest BCUT2D eigenvalue weighted by Crippen LogP contribution is 2.43. The minimum atomic E-state index is -0.485. The summed E-state index contributed by atoms with van der Waals surface area (Å²) in [7, 11) is 0. The van der Waals surface area contributed by atoms with Crippen molar-refractivity contribution in [3.05, 3.63) is 111 Å². The van der Waals surface area contributed by atoms with Gasteiger partial charge in [0, 0.05) is 28.8 Å². The van der Waals surface area contributed by atoms with Crippen LogP contribution >= 0.6 is 22.9 Å². The summed E-state index contributed by atoms with van der Waals surface area (Å²) < 4.78 is 2.21. The molecule has 4 aromatic rings. The molecule has 0 aliphatic carbocycles. The van der Waals surface area contributed by atoms with Crippen molar-refractivity contribution in [2.45, 2.75) is 24.9 Å². The standard InChI is InChI=1S/C25H24ClN3S/c26-23-11-9-22(10-12-23)25(24-4-3-17-30-24,29-16-13-27-19-29)21-7-5-20(6-8-21)18-28-14-1-2-15-28/h3-13,16-17,19H,1-2,14-15,18H2. The summed E-state index contributed by atoms with van der Waals surface area (Å²) in [6.45, 7) is 3.44. The summed E-state index contributed by atoms with van der Waals surface area (Å²) in [6, 6.07) is 21.6. The predicted molar refractivity (Wildman–Crippen MR) is 124 cm³/mol. The van der Waals surface area contributed by atoms with Gasteiger partial charge >= 0.3 is 0 Å². The second-order valence-corrected chi connectivity index (χ2v) is 9.23. The second kappa shape index (κ2) is 8.38. The maximum absolute atomic E-state index is 6.24. The largest absolute Gasteiger partial charge is 0.318 e. The molecule has 0 amide bonds. The zero-order chi connectivity index (χ0) is 20.4. The molecule has 1 atom stereocenters. The van der Waals surface area contributed by atoms with Crippen LogP contribution in [0.15, 0.2) is 84.8 Å². The van der Waals surface area contributed by atoms with Crippen LogP contribution in [0.1, 0.15) is 34.4 Å². The predicted octanol–water partition coefficient (Wildman–Crippen LogP) is 6.03. The van der Waals surface area contributed by atoms with Gasteiger partial charge in [0.25, 0.3) is 0 Å². The van der Waals surface area contributed by atoms with E-state index in [-0.39, 0.29) is 0 Å². The third-order valence-electron chi connectivity index (χ3n) is 6.01. The second-order valence-electron chi connectivity index (χ2n) is 7.84.